The van der Waals surface area contributed by atoms with Gasteiger partial charge in [0.05, 0.1) is 10.2 Å². The molecule has 0 radical (unpaired) electrons. The molecule has 1 heterocycles. The average molecular weight is 496 g/mol. The summed E-state index contributed by atoms with van der Waals surface area (Å²) in [5, 5.41) is 12.6. The Balaban J connectivity index is 2.47. The van der Waals surface area contributed by atoms with Crippen LogP contribution in [0.5, 0.6) is 0 Å². The zero-order chi connectivity index (χ0) is 22.7. The lowest BCUT2D eigenvalue weighted by Crippen LogP contribution is -2.36. The molecule has 0 aliphatic heterocycles. The van der Waals surface area contributed by atoms with Crippen molar-refractivity contribution in [1.82, 2.24) is 9.88 Å². The number of hydrogen-bond donors (Lipinski definition) is 1. The number of benzene rings is 2. The normalized spacial score (nSPS) is 12.6. The summed E-state index contributed by atoms with van der Waals surface area (Å²) in [6, 6.07) is 15.2. The summed E-state index contributed by atoms with van der Waals surface area (Å²) in [5.41, 5.74) is 2.95. The molecule has 31 heavy (non-hydrogen) atoms. The molecule has 5 nitrogen and oxygen atoms in total. The van der Waals surface area contributed by atoms with Crippen LogP contribution in [0, 0.1) is 25.2 Å². The number of thiazole rings is 1. The summed E-state index contributed by atoms with van der Waals surface area (Å²) in [6.07, 6.45) is 1.78. The van der Waals surface area contributed by atoms with Gasteiger partial charge in [0, 0.05) is 10.5 Å². The molecule has 1 amide bonds. The zero-order valence-electron chi connectivity index (χ0n) is 17.7. The third kappa shape index (κ3) is 4.71. The first kappa shape index (κ1) is 22.7. The lowest BCUT2D eigenvalue weighted by molar-refractivity contribution is -0.116. The zero-order valence-corrected chi connectivity index (χ0v) is 20.1. The first-order chi connectivity index (χ1) is 14.7. The van der Waals surface area contributed by atoms with Gasteiger partial charge in [-0.2, -0.15) is 5.26 Å². The molecule has 0 saturated carbocycles. The molecule has 2 aromatic carbocycles. The minimum Gasteiger partial charge on any atom is -0.349 e. The first-order valence-electron chi connectivity index (χ1n) is 9.74. The van der Waals surface area contributed by atoms with E-state index < -0.39 is 5.91 Å². The van der Waals surface area contributed by atoms with Gasteiger partial charge in [0.25, 0.3) is 11.5 Å². The first-order valence-corrected chi connectivity index (χ1v) is 11.4. The lowest BCUT2D eigenvalue weighted by atomic mass is 10.1. The van der Waals surface area contributed by atoms with Gasteiger partial charge < -0.3 is 5.32 Å². The van der Waals surface area contributed by atoms with Gasteiger partial charge in [-0.15, -0.1) is 11.3 Å². The van der Waals surface area contributed by atoms with Crippen LogP contribution in [-0.4, -0.2) is 16.5 Å². The number of para-hydroxylation sites is 1. The molecule has 0 fully saturated rings. The van der Waals surface area contributed by atoms with Crippen LogP contribution in [0.15, 0.2) is 51.7 Å². The molecule has 0 bridgehead atoms. The molecule has 1 N–H and O–H groups in total. The van der Waals surface area contributed by atoms with E-state index >= 15 is 0 Å². The van der Waals surface area contributed by atoms with E-state index in [-0.39, 0.29) is 17.2 Å². The van der Waals surface area contributed by atoms with Crippen molar-refractivity contribution >= 4 is 44.8 Å². The number of aryl methyl sites for hydroxylation is 2. The summed E-state index contributed by atoms with van der Waals surface area (Å²) < 4.78 is 3.11. The Morgan fingerprint density at radius 1 is 1.16 bits per heavy atom. The molecule has 7 heteroatoms. The monoisotopic (exact) mass is 495 g/mol. The molecule has 0 aliphatic carbocycles. The van der Waals surface area contributed by atoms with Crippen LogP contribution in [0.25, 0.3) is 17.3 Å². The van der Waals surface area contributed by atoms with E-state index in [0.29, 0.717) is 14.9 Å². The molecule has 0 unspecified atom stereocenters. The van der Waals surface area contributed by atoms with Crippen LogP contribution >= 0.6 is 27.3 Å². The predicted octanol–water partition coefficient (Wildman–Crippen LogP) is 3.31. The van der Waals surface area contributed by atoms with Gasteiger partial charge in [-0.1, -0.05) is 52.3 Å². The lowest BCUT2D eigenvalue weighted by Gasteiger charge is -2.11. The number of halogens is 1. The minimum atomic E-state index is -0.494. The molecule has 0 spiro atoms. The number of carbonyl (C=O) groups excluding carboxylic acids is 1. The predicted molar refractivity (Wildman–Crippen MR) is 129 cm³/mol. The maximum absolute atomic E-state index is 13.5. The molecular weight excluding hydrogens is 474 g/mol. The van der Waals surface area contributed by atoms with Crippen molar-refractivity contribution in [1.29, 1.82) is 5.26 Å². The van der Waals surface area contributed by atoms with Crippen LogP contribution < -0.4 is 20.1 Å². The molecule has 3 rings (SSSR count). The maximum Gasteiger partial charge on any atom is 0.273 e. The number of amides is 1. The number of nitriles is 1. The van der Waals surface area contributed by atoms with Crippen molar-refractivity contribution in [2.45, 2.75) is 33.7 Å². The second kappa shape index (κ2) is 9.46. The number of aromatic nitrogens is 1. The standard InChI is InChI=1S/C24H22BrN3O2S/c1-14(2)27-22(29)18(13-26)24-28(21-15(3)8-7-9-16(21)4)23(30)20(31-24)12-17-10-5-6-11-19(17)25/h5-12,14H,1-4H3,(H,27,29)/b20-12-,24-18-. The third-order valence-electron chi connectivity index (χ3n) is 4.65. The Bertz CT molecular complexity index is 1360. The highest BCUT2D eigenvalue weighted by Crippen LogP contribution is 2.18. The smallest absolute Gasteiger partial charge is 0.273 e. The molecule has 158 valence electrons. The van der Waals surface area contributed by atoms with E-state index in [9.17, 15) is 14.9 Å². The third-order valence-corrected chi connectivity index (χ3v) is 6.47. The van der Waals surface area contributed by atoms with E-state index in [2.05, 4.69) is 21.2 Å². The van der Waals surface area contributed by atoms with E-state index in [0.717, 1.165) is 32.5 Å². The molecule has 0 atom stereocenters. The highest BCUT2D eigenvalue weighted by molar-refractivity contribution is 9.10. The number of rotatable bonds is 4. The highest BCUT2D eigenvalue weighted by atomic mass is 79.9. The Kier molecular flexibility index (Phi) is 6.94. The number of nitrogens with one attached hydrogen (secondary N) is 1. The molecular formula is C24H22BrN3O2S. The Morgan fingerprint density at radius 2 is 1.81 bits per heavy atom. The average Bonchev–Trinajstić information content (AvgIpc) is 3.00. The van der Waals surface area contributed by atoms with Crippen molar-refractivity contribution in [3.05, 3.63) is 83.2 Å². The van der Waals surface area contributed by atoms with Gasteiger partial charge in [-0.25, -0.2) is 0 Å². The van der Waals surface area contributed by atoms with Gasteiger partial charge in [0.1, 0.15) is 10.7 Å². The van der Waals surface area contributed by atoms with Crippen molar-refractivity contribution in [2.24, 2.45) is 0 Å². The maximum atomic E-state index is 13.5. The fourth-order valence-corrected chi connectivity index (χ4v) is 4.75. The van der Waals surface area contributed by atoms with Crippen molar-refractivity contribution < 1.29 is 4.79 Å². The van der Waals surface area contributed by atoms with Crippen LogP contribution in [0.3, 0.4) is 0 Å². The van der Waals surface area contributed by atoms with Gasteiger partial charge >= 0.3 is 0 Å². The summed E-state index contributed by atoms with van der Waals surface area (Å²) in [7, 11) is 0. The van der Waals surface area contributed by atoms with E-state index in [4.69, 9.17) is 0 Å². The SMILES string of the molecule is Cc1cccc(C)c1-n1c(=O)/c(=C/c2ccccc2Br)s/c1=C(/C#N)C(=O)NC(C)C. The summed E-state index contributed by atoms with van der Waals surface area (Å²) in [4.78, 5) is 26.3. The van der Waals surface area contributed by atoms with E-state index in [1.165, 1.54) is 4.57 Å². The highest BCUT2D eigenvalue weighted by Gasteiger charge is 2.19. The van der Waals surface area contributed by atoms with E-state index in [1.807, 2.05) is 76.2 Å². The number of hydrogen-bond acceptors (Lipinski definition) is 4. The quantitative estimate of drug-likeness (QED) is 0.603. The van der Waals surface area contributed by atoms with E-state index in [1.54, 1.807) is 6.08 Å². The fraction of sp³-hybridized carbons (Fsp3) is 0.208. The minimum absolute atomic E-state index is 0.0785. The largest absolute Gasteiger partial charge is 0.349 e. The number of nitrogens with zero attached hydrogens (tertiary/aromatic N) is 2. The topological polar surface area (TPSA) is 74.9 Å². The van der Waals surface area contributed by atoms with Gasteiger partial charge in [0.2, 0.25) is 0 Å². The Morgan fingerprint density at radius 3 is 2.39 bits per heavy atom. The number of carbonyl (C=O) groups is 1. The summed E-state index contributed by atoms with van der Waals surface area (Å²) in [6.45, 7) is 7.47. The summed E-state index contributed by atoms with van der Waals surface area (Å²) in [5.74, 6) is -0.494. The molecule has 0 saturated heterocycles. The Hall–Kier alpha value is -2.95. The van der Waals surface area contributed by atoms with Gasteiger partial charge in [0.15, 0.2) is 5.57 Å². The van der Waals surface area contributed by atoms with Crippen LogP contribution in [0.1, 0.15) is 30.5 Å². The summed E-state index contributed by atoms with van der Waals surface area (Å²) >= 11 is 4.65. The van der Waals surface area contributed by atoms with Gasteiger partial charge in [-0.3, -0.25) is 14.2 Å². The molecule has 0 aliphatic rings. The Labute approximate surface area is 193 Å². The molecule has 1 aromatic heterocycles. The molecule has 3 aromatic rings. The van der Waals surface area contributed by atoms with Crippen LogP contribution in [-0.2, 0) is 4.79 Å². The van der Waals surface area contributed by atoms with Crippen LogP contribution in [0.4, 0.5) is 0 Å². The fourth-order valence-electron chi connectivity index (χ4n) is 3.27. The second-order valence-electron chi connectivity index (χ2n) is 7.43. The van der Waals surface area contributed by atoms with Gasteiger partial charge in [-0.05, 0) is 56.5 Å². The second-order valence-corrected chi connectivity index (χ2v) is 9.32. The van der Waals surface area contributed by atoms with Crippen molar-refractivity contribution in [2.75, 3.05) is 0 Å². The van der Waals surface area contributed by atoms with Crippen molar-refractivity contribution in [3.8, 4) is 11.8 Å². The van der Waals surface area contributed by atoms with Crippen molar-refractivity contribution in [3.63, 3.8) is 0 Å². The van der Waals surface area contributed by atoms with Crippen LogP contribution in [0.2, 0.25) is 0 Å².